The number of para-hydroxylation sites is 1. The van der Waals surface area contributed by atoms with Crippen molar-refractivity contribution >= 4 is 11.7 Å². The van der Waals surface area contributed by atoms with Crippen LogP contribution in [0.3, 0.4) is 0 Å². The first-order chi connectivity index (χ1) is 11.3. The van der Waals surface area contributed by atoms with Gasteiger partial charge in [0.2, 0.25) is 0 Å². The fraction of sp³-hybridized carbons (Fsp3) is 0.312. The smallest absolute Gasteiger partial charge is 0.418 e. The molecule has 0 spiro atoms. The summed E-state index contributed by atoms with van der Waals surface area (Å²) in [5, 5.41) is 4.80. The molecule has 1 aromatic carbocycles. The fourth-order valence-electron chi connectivity index (χ4n) is 2.21. The first kappa shape index (κ1) is 17.9. The van der Waals surface area contributed by atoms with Crippen LogP contribution in [0.4, 0.5) is 23.7 Å². The molecule has 0 aliphatic rings. The van der Waals surface area contributed by atoms with Gasteiger partial charge in [0, 0.05) is 6.54 Å². The molecule has 0 aliphatic carbocycles. The highest BCUT2D eigenvalue weighted by Gasteiger charge is 2.33. The van der Waals surface area contributed by atoms with E-state index < -0.39 is 17.8 Å². The number of urea groups is 1. The van der Waals surface area contributed by atoms with Gasteiger partial charge < -0.3 is 15.1 Å². The summed E-state index contributed by atoms with van der Waals surface area (Å²) in [5.41, 5.74) is -1.18. The second kappa shape index (κ2) is 7.39. The van der Waals surface area contributed by atoms with Gasteiger partial charge in [0.15, 0.2) is 0 Å². The van der Waals surface area contributed by atoms with Crippen LogP contribution in [0.25, 0.3) is 0 Å². The van der Waals surface area contributed by atoms with Crippen LogP contribution in [0.15, 0.2) is 47.1 Å². The van der Waals surface area contributed by atoms with E-state index in [9.17, 15) is 18.0 Å². The number of nitrogens with one attached hydrogen (secondary N) is 2. The van der Waals surface area contributed by atoms with Crippen molar-refractivity contribution < 1.29 is 22.4 Å². The highest BCUT2D eigenvalue weighted by molar-refractivity contribution is 5.90. The molecule has 0 fully saturated rings. The molecule has 0 unspecified atom stereocenters. The molecule has 2 rings (SSSR count). The largest absolute Gasteiger partial charge is 0.468 e. The van der Waals surface area contributed by atoms with Crippen LogP contribution in [-0.2, 0) is 6.18 Å². The highest BCUT2D eigenvalue weighted by Crippen LogP contribution is 2.34. The van der Waals surface area contributed by atoms with E-state index in [0.29, 0.717) is 5.76 Å². The average Bonchev–Trinajstić information content (AvgIpc) is 3.00. The van der Waals surface area contributed by atoms with E-state index in [4.69, 9.17) is 4.42 Å². The van der Waals surface area contributed by atoms with E-state index in [1.54, 1.807) is 12.1 Å². The van der Waals surface area contributed by atoms with Crippen molar-refractivity contribution in [1.29, 1.82) is 0 Å². The van der Waals surface area contributed by atoms with Crippen LogP contribution in [0.1, 0.15) is 17.4 Å². The zero-order chi connectivity index (χ0) is 17.7. The van der Waals surface area contributed by atoms with Crippen LogP contribution in [0, 0.1) is 0 Å². The lowest BCUT2D eigenvalue weighted by Gasteiger charge is -2.23. The Kier molecular flexibility index (Phi) is 5.50. The van der Waals surface area contributed by atoms with Crippen molar-refractivity contribution in [1.82, 2.24) is 10.2 Å². The van der Waals surface area contributed by atoms with Crippen LogP contribution < -0.4 is 10.6 Å². The maximum absolute atomic E-state index is 12.9. The number of likely N-dealkylation sites (N-methyl/N-ethyl adjacent to an activating group) is 1. The SMILES string of the molecule is CN(C)[C@@H](CNC(=O)Nc1ccccc1C(F)(F)F)c1ccco1. The molecular weight excluding hydrogens is 323 g/mol. The maximum atomic E-state index is 12.9. The Morgan fingerprint density at radius 2 is 1.92 bits per heavy atom. The molecule has 8 heteroatoms. The summed E-state index contributed by atoms with van der Waals surface area (Å²) in [4.78, 5) is 13.8. The third kappa shape index (κ3) is 4.51. The zero-order valence-electron chi connectivity index (χ0n) is 13.2. The maximum Gasteiger partial charge on any atom is 0.418 e. The van der Waals surface area contributed by atoms with Gasteiger partial charge >= 0.3 is 12.2 Å². The predicted octanol–water partition coefficient (Wildman–Crippen LogP) is 3.72. The molecule has 24 heavy (non-hydrogen) atoms. The van der Waals surface area contributed by atoms with Gasteiger partial charge in [-0.2, -0.15) is 13.2 Å². The Hall–Kier alpha value is -2.48. The number of hydrogen-bond donors (Lipinski definition) is 2. The van der Waals surface area contributed by atoms with Gasteiger partial charge in [0.1, 0.15) is 5.76 Å². The lowest BCUT2D eigenvalue weighted by molar-refractivity contribution is -0.136. The topological polar surface area (TPSA) is 57.5 Å². The van der Waals surface area contributed by atoms with E-state index >= 15 is 0 Å². The monoisotopic (exact) mass is 341 g/mol. The number of anilines is 1. The van der Waals surface area contributed by atoms with Crippen molar-refractivity contribution in [3.63, 3.8) is 0 Å². The van der Waals surface area contributed by atoms with Crippen molar-refractivity contribution in [3.8, 4) is 0 Å². The fourth-order valence-corrected chi connectivity index (χ4v) is 2.21. The van der Waals surface area contributed by atoms with Gasteiger partial charge in [0.25, 0.3) is 0 Å². The van der Waals surface area contributed by atoms with Crippen molar-refractivity contribution in [2.75, 3.05) is 26.0 Å². The minimum atomic E-state index is -4.54. The summed E-state index contributed by atoms with van der Waals surface area (Å²) in [7, 11) is 3.62. The van der Waals surface area contributed by atoms with Gasteiger partial charge in [-0.25, -0.2) is 4.79 Å². The standard InChI is InChI=1S/C16H18F3N3O2/c1-22(2)13(14-8-5-9-24-14)10-20-15(23)21-12-7-4-3-6-11(12)16(17,18)19/h3-9,13H,10H2,1-2H3,(H2,20,21,23)/t13-/m0/s1. The molecule has 0 aliphatic heterocycles. The summed E-state index contributed by atoms with van der Waals surface area (Å²) >= 11 is 0. The van der Waals surface area contributed by atoms with E-state index in [1.807, 2.05) is 19.0 Å². The molecule has 0 bridgehead atoms. The number of nitrogens with zero attached hydrogens (tertiary/aromatic N) is 1. The third-order valence-electron chi connectivity index (χ3n) is 3.43. The van der Waals surface area contributed by atoms with Gasteiger partial charge in [-0.15, -0.1) is 0 Å². The minimum absolute atomic E-state index is 0.181. The number of carbonyl (C=O) groups excluding carboxylic acids is 1. The average molecular weight is 341 g/mol. The normalized spacial score (nSPS) is 12.9. The number of carbonyl (C=O) groups is 1. The van der Waals surface area contributed by atoms with Crippen molar-refractivity contribution in [2.45, 2.75) is 12.2 Å². The van der Waals surface area contributed by atoms with Crippen molar-refractivity contribution in [3.05, 3.63) is 54.0 Å². The number of halogens is 3. The second-order valence-corrected chi connectivity index (χ2v) is 5.37. The summed E-state index contributed by atoms with van der Waals surface area (Å²) in [6.45, 7) is 0.181. The number of hydrogen-bond acceptors (Lipinski definition) is 3. The van der Waals surface area contributed by atoms with Crippen LogP contribution in [0.5, 0.6) is 0 Å². The summed E-state index contributed by atoms with van der Waals surface area (Å²) in [6, 6.07) is 7.36. The van der Waals surface area contributed by atoms with E-state index in [-0.39, 0.29) is 18.3 Å². The molecule has 0 radical (unpaired) electrons. The second-order valence-electron chi connectivity index (χ2n) is 5.37. The third-order valence-corrected chi connectivity index (χ3v) is 3.43. The lowest BCUT2D eigenvalue weighted by Crippen LogP contribution is -2.37. The Morgan fingerprint density at radius 1 is 1.21 bits per heavy atom. The number of amides is 2. The Labute approximate surface area is 137 Å². The van der Waals surface area contributed by atoms with Crippen LogP contribution in [0.2, 0.25) is 0 Å². The molecule has 130 valence electrons. The molecule has 2 amide bonds. The summed E-state index contributed by atoms with van der Waals surface area (Å²) in [5.74, 6) is 0.649. The quantitative estimate of drug-likeness (QED) is 0.871. The van der Waals surface area contributed by atoms with Crippen LogP contribution >= 0.6 is 0 Å². The Balaban J connectivity index is 2.01. The van der Waals surface area contributed by atoms with Gasteiger partial charge in [-0.1, -0.05) is 12.1 Å². The van der Waals surface area contributed by atoms with Gasteiger partial charge in [-0.05, 0) is 38.4 Å². The lowest BCUT2D eigenvalue weighted by atomic mass is 10.1. The summed E-state index contributed by atoms with van der Waals surface area (Å²) < 4.78 is 44.1. The molecule has 2 N–H and O–H groups in total. The van der Waals surface area contributed by atoms with E-state index in [1.165, 1.54) is 24.5 Å². The first-order valence-corrected chi connectivity index (χ1v) is 7.20. The molecule has 0 saturated carbocycles. The molecule has 2 aromatic rings. The van der Waals surface area contributed by atoms with E-state index in [0.717, 1.165) is 6.07 Å². The molecule has 5 nitrogen and oxygen atoms in total. The number of alkyl halides is 3. The van der Waals surface area contributed by atoms with Gasteiger partial charge in [0.05, 0.1) is 23.6 Å². The predicted molar refractivity (Wildman–Crippen MR) is 83.6 cm³/mol. The van der Waals surface area contributed by atoms with Crippen LogP contribution in [-0.4, -0.2) is 31.6 Å². The number of furan rings is 1. The number of benzene rings is 1. The first-order valence-electron chi connectivity index (χ1n) is 7.20. The minimum Gasteiger partial charge on any atom is -0.468 e. The molecular formula is C16H18F3N3O2. The van der Waals surface area contributed by atoms with E-state index in [2.05, 4.69) is 10.6 Å². The summed E-state index contributed by atoms with van der Waals surface area (Å²) in [6.07, 6.45) is -3.02. The van der Waals surface area contributed by atoms with Crippen molar-refractivity contribution in [2.24, 2.45) is 0 Å². The Bertz CT molecular complexity index is 669. The number of rotatable bonds is 5. The molecule has 1 aromatic heterocycles. The molecule has 0 saturated heterocycles. The molecule has 1 atom stereocenters. The molecule has 1 heterocycles. The van der Waals surface area contributed by atoms with Gasteiger partial charge in [-0.3, -0.25) is 4.90 Å². The highest BCUT2D eigenvalue weighted by atomic mass is 19.4. The Morgan fingerprint density at radius 3 is 2.50 bits per heavy atom. The zero-order valence-corrected chi connectivity index (χ0v) is 13.2.